The maximum Gasteiger partial charge on any atom is 0.393 e. The number of hydrogen-bond acceptors (Lipinski definition) is 2. The average Bonchev–Trinajstić information content (AvgIpc) is 1.53. The fourth-order valence-electron chi connectivity index (χ4n) is 0.404. The van der Waals surface area contributed by atoms with E-state index in [4.69, 9.17) is 11.6 Å². The van der Waals surface area contributed by atoms with Crippen LogP contribution in [-0.4, -0.2) is 17.7 Å². The van der Waals surface area contributed by atoms with Crippen molar-refractivity contribution in [2.75, 3.05) is 0 Å². The number of esters is 1. The molecule has 0 radical (unpaired) electrons. The molecule has 0 spiro atoms. The van der Waals surface area contributed by atoms with Gasteiger partial charge in [0.15, 0.2) is 5.56 Å². The van der Waals surface area contributed by atoms with E-state index in [9.17, 15) is 18.0 Å². The van der Waals surface area contributed by atoms with Crippen LogP contribution in [0.3, 0.4) is 0 Å². The molecule has 0 N–H and O–H groups in total. The highest BCUT2D eigenvalue weighted by Gasteiger charge is 2.32. The first-order chi connectivity index (χ1) is 4.81. The number of halogens is 4. The van der Waals surface area contributed by atoms with Crippen LogP contribution in [0.25, 0.3) is 0 Å². The van der Waals surface area contributed by atoms with Gasteiger partial charge in [0.2, 0.25) is 0 Å². The molecular weight excluding hydrogens is 184 g/mol. The molecular formula is C5H6ClF3O2. The third-order valence-corrected chi connectivity index (χ3v) is 0.929. The molecule has 1 unspecified atom stereocenters. The quantitative estimate of drug-likeness (QED) is 0.492. The van der Waals surface area contributed by atoms with E-state index in [0.717, 1.165) is 6.92 Å². The maximum atomic E-state index is 11.5. The maximum absolute atomic E-state index is 11.5. The van der Waals surface area contributed by atoms with Crippen molar-refractivity contribution in [1.29, 1.82) is 0 Å². The van der Waals surface area contributed by atoms with Crippen LogP contribution < -0.4 is 0 Å². The van der Waals surface area contributed by atoms with Gasteiger partial charge < -0.3 is 4.74 Å². The number of rotatable bonds is 2. The van der Waals surface area contributed by atoms with Crippen LogP contribution in [0.4, 0.5) is 13.2 Å². The lowest BCUT2D eigenvalue weighted by molar-refractivity contribution is -0.162. The largest absolute Gasteiger partial charge is 0.446 e. The first kappa shape index (κ1) is 10.6. The smallest absolute Gasteiger partial charge is 0.393 e. The molecule has 0 heterocycles. The number of hydrogen-bond donors (Lipinski definition) is 0. The molecule has 0 rings (SSSR count). The predicted molar refractivity (Wildman–Crippen MR) is 32.1 cm³/mol. The van der Waals surface area contributed by atoms with Crippen molar-refractivity contribution in [1.82, 2.24) is 0 Å². The van der Waals surface area contributed by atoms with Crippen molar-refractivity contribution >= 4 is 17.6 Å². The minimum absolute atomic E-state index is 0.825. The molecule has 0 fully saturated rings. The van der Waals surface area contributed by atoms with E-state index in [2.05, 4.69) is 4.74 Å². The van der Waals surface area contributed by atoms with Gasteiger partial charge in [0.25, 0.3) is 0 Å². The zero-order chi connectivity index (χ0) is 9.07. The molecule has 66 valence electrons. The van der Waals surface area contributed by atoms with Gasteiger partial charge in [0, 0.05) is 6.92 Å². The number of ether oxygens (including phenoxy) is 1. The third-order valence-electron chi connectivity index (χ3n) is 0.686. The molecule has 1 atom stereocenters. The Bertz CT molecular complexity index is 145. The van der Waals surface area contributed by atoms with Gasteiger partial charge in [-0.2, -0.15) is 13.2 Å². The number of carbonyl (C=O) groups excluding carboxylic acids is 1. The number of carbonyl (C=O) groups is 1. The Hall–Kier alpha value is -0.450. The Balaban J connectivity index is 3.69. The van der Waals surface area contributed by atoms with Crippen LogP contribution >= 0.6 is 11.6 Å². The Labute approximate surface area is 66.3 Å². The highest BCUT2D eigenvalue weighted by molar-refractivity contribution is 6.20. The van der Waals surface area contributed by atoms with Crippen LogP contribution in [-0.2, 0) is 9.53 Å². The van der Waals surface area contributed by atoms with Gasteiger partial charge >= 0.3 is 12.1 Å². The van der Waals surface area contributed by atoms with E-state index >= 15 is 0 Å². The lowest BCUT2D eigenvalue weighted by Crippen LogP contribution is -2.19. The summed E-state index contributed by atoms with van der Waals surface area (Å²) in [7, 11) is 0. The SMILES string of the molecule is CC(=O)OC(Cl)CC(F)(F)F. The summed E-state index contributed by atoms with van der Waals surface area (Å²) in [4.78, 5) is 10.1. The second kappa shape index (κ2) is 3.80. The second-order valence-corrected chi connectivity index (χ2v) is 2.33. The van der Waals surface area contributed by atoms with Crippen molar-refractivity contribution < 1.29 is 22.7 Å². The van der Waals surface area contributed by atoms with E-state index in [1.165, 1.54) is 0 Å². The van der Waals surface area contributed by atoms with Crippen molar-refractivity contribution in [3.8, 4) is 0 Å². The summed E-state index contributed by atoms with van der Waals surface area (Å²) in [5.74, 6) is -0.825. The van der Waals surface area contributed by atoms with Gasteiger partial charge in [-0.15, -0.1) is 0 Å². The van der Waals surface area contributed by atoms with E-state index in [0.29, 0.717) is 0 Å². The molecule has 0 saturated carbocycles. The first-order valence-electron chi connectivity index (χ1n) is 2.69. The lowest BCUT2D eigenvalue weighted by atomic mass is 10.4. The van der Waals surface area contributed by atoms with Crippen molar-refractivity contribution in [2.45, 2.75) is 25.1 Å². The van der Waals surface area contributed by atoms with Gasteiger partial charge in [-0.3, -0.25) is 4.79 Å². The normalized spacial score (nSPS) is 14.3. The molecule has 0 aliphatic heterocycles. The summed E-state index contributed by atoms with van der Waals surface area (Å²) in [6.07, 6.45) is -5.73. The standard InChI is InChI=1S/C5H6ClF3O2/c1-3(10)11-4(6)2-5(7,8)9/h4H,2H2,1H3. The van der Waals surface area contributed by atoms with Gasteiger partial charge in [-0.1, -0.05) is 11.6 Å². The molecule has 0 aliphatic rings. The van der Waals surface area contributed by atoms with Gasteiger partial charge in [-0.25, -0.2) is 0 Å². The predicted octanol–water partition coefficient (Wildman–Crippen LogP) is 2.07. The Morgan fingerprint density at radius 3 is 2.36 bits per heavy atom. The first-order valence-corrected chi connectivity index (χ1v) is 3.13. The Morgan fingerprint density at radius 1 is 1.64 bits per heavy atom. The molecule has 6 heteroatoms. The van der Waals surface area contributed by atoms with Crippen LogP contribution in [0.2, 0.25) is 0 Å². The molecule has 0 saturated heterocycles. The molecule has 0 amide bonds. The number of alkyl halides is 4. The topological polar surface area (TPSA) is 26.3 Å². The zero-order valence-electron chi connectivity index (χ0n) is 5.61. The minimum Gasteiger partial charge on any atom is -0.446 e. The van der Waals surface area contributed by atoms with E-state index in [1.54, 1.807) is 0 Å². The molecule has 2 nitrogen and oxygen atoms in total. The summed E-state index contributed by atoms with van der Waals surface area (Å²) < 4.78 is 38.5. The highest BCUT2D eigenvalue weighted by atomic mass is 35.5. The van der Waals surface area contributed by atoms with E-state index in [1.807, 2.05) is 0 Å². The van der Waals surface area contributed by atoms with Crippen molar-refractivity contribution in [2.24, 2.45) is 0 Å². The van der Waals surface area contributed by atoms with E-state index in [-0.39, 0.29) is 0 Å². The lowest BCUT2D eigenvalue weighted by Gasteiger charge is -2.11. The second-order valence-electron chi connectivity index (χ2n) is 1.84. The van der Waals surface area contributed by atoms with Gasteiger partial charge in [0.05, 0.1) is 6.42 Å². The van der Waals surface area contributed by atoms with Gasteiger partial charge in [0.1, 0.15) is 0 Å². The minimum atomic E-state index is -4.40. The summed E-state index contributed by atoms with van der Waals surface area (Å²) in [6.45, 7) is 0.992. The summed E-state index contributed by atoms with van der Waals surface area (Å²) in [5.41, 5.74) is -1.62. The van der Waals surface area contributed by atoms with Crippen LogP contribution in [0.1, 0.15) is 13.3 Å². The summed E-state index contributed by atoms with van der Waals surface area (Å²) >= 11 is 5.00. The Kier molecular flexibility index (Phi) is 3.65. The molecule has 11 heavy (non-hydrogen) atoms. The summed E-state index contributed by atoms with van der Waals surface area (Å²) in [6, 6.07) is 0. The molecule has 0 bridgehead atoms. The monoisotopic (exact) mass is 190 g/mol. The zero-order valence-corrected chi connectivity index (χ0v) is 6.37. The van der Waals surface area contributed by atoms with Crippen LogP contribution in [0, 0.1) is 0 Å². The molecule has 0 aromatic carbocycles. The highest BCUT2D eigenvalue weighted by Crippen LogP contribution is 2.24. The summed E-state index contributed by atoms with van der Waals surface area (Å²) in [5, 5.41) is 0. The Morgan fingerprint density at radius 2 is 2.09 bits per heavy atom. The third kappa shape index (κ3) is 7.45. The molecule has 0 aliphatic carbocycles. The van der Waals surface area contributed by atoms with Crippen LogP contribution in [0.15, 0.2) is 0 Å². The molecule has 0 aromatic heterocycles. The fraction of sp³-hybridized carbons (Fsp3) is 0.800. The van der Waals surface area contributed by atoms with Crippen LogP contribution in [0.5, 0.6) is 0 Å². The van der Waals surface area contributed by atoms with Crippen molar-refractivity contribution in [3.63, 3.8) is 0 Å². The average molecular weight is 191 g/mol. The molecule has 0 aromatic rings. The van der Waals surface area contributed by atoms with Gasteiger partial charge in [-0.05, 0) is 0 Å². The fourth-order valence-corrected chi connectivity index (χ4v) is 0.704. The van der Waals surface area contributed by atoms with Crippen molar-refractivity contribution in [3.05, 3.63) is 0 Å². The van der Waals surface area contributed by atoms with E-state index < -0.39 is 24.1 Å².